The number of halogens is 1. The van der Waals surface area contributed by atoms with Crippen molar-refractivity contribution in [2.75, 3.05) is 4.90 Å². The summed E-state index contributed by atoms with van der Waals surface area (Å²) in [7, 11) is 0. The highest BCUT2D eigenvalue weighted by molar-refractivity contribution is 6.31. The van der Waals surface area contributed by atoms with Crippen LogP contribution in [0.15, 0.2) is 66.8 Å². The second-order valence-electron chi connectivity index (χ2n) is 16.1. The molecule has 0 unspecified atom stereocenters. The number of benzene rings is 3. The number of fused-ring (bicyclic) bond motifs is 2. The zero-order valence-corrected chi connectivity index (χ0v) is 28.7. The Morgan fingerprint density at radius 2 is 1.28 bits per heavy atom. The van der Waals surface area contributed by atoms with Gasteiger partial charge in [-0.1, -0.05) is 97.4 Å². The Balaban J connectivity index is 1.75. The van der Waals surface area contributed by atoms with Crippen LogP contribution in [0.25, 0.3) is 5.57 Å². The molecule has 0 amide bonds. The summed E-state index contributed by atoms with van der Waals surface area (Å²) in [6.07, 6.45) is 14.1. The molecule has 0 bridgehead atoms. The van der Waals surface area contributed by atoms with Gasteiger partial charge in [-0.15, -0.1) is 0 Å². The van der Waals surface area contributed by atoms with Crippen LogP contribution < -0.4 is 4.90 Å². The summed E-state index contributed by atoms with van der Waals surface area (Å²) in [5.41, 5.74) is 13.8. The molecule has 226 valence electrons. The number of hydrogen-bond acceptors (Lipinski definition) is 1. The number of aryl methyl sites for hydroxylation is 1. The monoisotopic (exact) mass is 591 g/mol. The molecule has 3 aromatic rings. The van der Waals surface area contributed by atoms with E-state index < -0.39 is 0 Å². The van der Waals surface area contributed by atoms with E-state index in [9.17, 15) is 0 Å². The Bertz CT molecular complexity index is 1620. The van der Waals surface area contributed by atoms with Crippen molar-refractivity contribution in [3.8, 4) is 0 Å². The Labute approximate surface area is 266 Å². The Kier molecular flexibility index (Phi) is 7.32. The zero-order chi connectivity index (χ0) is 30.9. The average Bonchev–Trinajstić information content (AvgIpc) is 2.94. The SMILES string of the molecule is Cc1cc(Cl)cc(N(c2cc3c(cc2C2=CCCC=C2)C(C)(C)CCC3(C)C)c2cccc3c2C(C)(C)CCC3(C)C)c1. The van der Waals surface area contributed by atoms with Gasteiger partial charge in [0.05, 0.1) is 11.4 Å². The Morgan fingerprint density at radius 3 is 1.91 bits per heavy atom. The lowest BCUT2D eigenvalue weighted by Crippen LogP contribution is -2.36. The highest BCUT2D eigenvalue weighted by Crippen LogP contribution is 2.55. The van der Waals surface area contributed by atoms with E-state index in [0.717, 1.165) is 23.6 Å². The third-order valence-corrected chi connectivity index (χ3v) is 11.1. The molecule has 0 spiro atoms. The molecule has 0 fully saturated rings. The van der Waals surface area contributed by atoms with E-state index >= 15 is 0 Å². The predicted molar refractivity (Wildman–Crippen MR) is 188 cm³/mol. The summed E-state index contributed by atoms with van der Waals surface area (Å²) in [4.78, 5) is 2.57. The van der Waals surface area contributed by atoms with E-state index in [1.807, 2.05) is 0 Å². The Morgan fingerprint density at radius 1 is 0.651 bits per heavy atom. The first kappa shape index (κ1) is 30.3. The molecule has 3 aliphatic rings. The number of allylic oxidation sites excluding steroid dienone is 4. The molecule has 2 heteroatoms. The van der Waals surface area contributed by atoms with Crippen molar-refractivity contribution in [1.29, 1.82) is 0 Å². The van der Waals surface area contributed by atoms with Crippen LogP contribution >= 0.6 is 11.6 Å². The normalized spacial score (nSPS) is 21.0. The van der Waals surface area contributed by atoms with Gasteiger partial charge >= 0.3 is 0 Å². The summed E-state index contributed by atoms with van der Waals surface area (Å²) >= 11 is 6.85. The first-order valence-electron chi connectivity index (χ1n) is 16.4. The maximum Gasteiger partial charge on any atom is 0.0543 e. The molecule has 43 heavy (non-hydrogen) atoms. The summed E-state index contributed by atoms with van der Waals surface area (Å²) in [6, 6.07) is 18.7. The molecule has 0 aromatic heterocycles. The lowest BCUT2D eigenvalue weighted by molar-refractivity contribution is 0.331. The predicted octanol–water partition coefficient (Wildman–Crippen LogP) is 12.5. The first-order valence-corrected chi connectivity index (χ1v) is 16.8. The minimum Gasteiger partial charge on any atom is -0.309 e. The van der Waals surface area contributed by atoms with E-state index in [4.69, 9.17) is 11.6 Å². The van der Waals surface area contributed by atoms with Crippen LogP contribution in [0.3, 0.4) is 0 Å². The van der Waals surface area contributed by atoms with Crippen molar-refractivity contribution < 1.29 is 0 Å². The minimum absolute atomic E-state index is 0.0486. The van der Waals surface area contributed by atoms with Crippen molar-refractivity contribution in [2.24, 2.45) is 0 Å². The minimum atomic E-state index is 0.0486. The third kappa shape index (κ3) is 5.31. The highest BCUT2D eigenvalue weighted by Gasteiger charge is 2.42. The number of hydrogen-bond donors (Lipinski definition) is 0. The Hall–Kier alpha value is -2.77. The van der Waals surface area contributed by atoms with Crippen molar-refractivity contribution in [3.05, 3.63) is 105 Å². The molecular weight excluding hydrogens is 542 g/mol. The zero-order valence-electron chi connectivity index (χ0n) is 27.9. The molecule has 0 N–H and O–H groups in total. The fourth-order valence-corrected chi connectivity index (χ4v) is 8.26. The van der Waals surface area contributed by atoms with E-state index in [2.05, 4.69) is 134 Å². The van der Waals surface area contributed by atoms with Gasteiger partial charge in [-0.3, -0.25) is 0 Å². The molecule has 0 aliphatic heterocycles. The fraction of sp³-hybridized carbons (Fsp3) is 0.463. The molecule has 3 aromatic carbocycles. The second kappa shape index (κ2) is 10.4. The summed E-state index contributed by atoms with van der Waals surface area (Å²) in [5.74, 6) is 0. The van der Waals surface area contributed by atoms with E-state index in [0.29, 0.717) is 0 Å². The molecule has 3 aliphatic carbocycles. The summed E-state index contributed by atoms with van der Waals surface area (Å²) in [5, 5.41) is 0.780. The van der Waals surface area contributed by atoms with Crippen LogP contribution in [0.5, 0.6) is 0 Å². The lowest BCUT2D eigenvalue weighted by atomic mass is 9.62. The maximum absolute atomic E-state index is 6.85. The molecule has 6 rings (SSSR count). The number of nitrogens with zero attached hydrogens (tertiary/aromatic N) is 1. The molecule has 0 atom stereocenters. The van der Waals surface area contributed by atoms with Gasteiger partial charge in [0, 0.05) is 16.3 Å². The van der Waals surface area contributed by atoms with Crippen molar-refractivity contribution in [1.82, 2.24) is 0 Å². The topological polar surface area (TPSA) is 3.24 Å². The van der Waals surface area contributed by atoms with Gasteiger partial charge in [0.2, 0.25) is 0 Å². The van der Waals surface area contributed by atoms with Gasteiger partial charge in [-0.2, -0.15) is 0 Å². The van der Waals surface area contributed by atoms with Gasteiger partial charge in [-0.05, 0) is 137 Å². The number of rotatable bonds is 4. The van der Waals surface area contributed by atoms with Crippen LogP contribution in [-0.2, 0) is 21.7 Å². The van der Waals surface area contributed by atoms with Crippen LogP contribution in [0, 0.1) is 6.92 Å². The van der Waals surface area contributed by atoms with Crippen LogP contribution in [0.1, 0.15) is 127 Å². The fourth-order valence-electron chi connectivity index (χ4n) is 7.97. The molecule has 1 nitrogen and oxygen atoms in total. The van der Waals surface area contributed by atoms with Crippen molar-refractivity contribution in [2.45, 2.75) is 122 Å². The quantitative estimate of drug-likeness (QED) is 0.291. The van der Waals surface area contributed by atoms with Crippen molar-refractivity contribution in [3.63, 3.8) is 0 Å². The summed E-state index contributed by atoms with van der Waals surface area (Å²) < 4.78 is 0. The maximum atomic E-state index is 6.85. The van der Waals surface area contributed by atoms with Crippen LogP contribution in [0.4, 0.5) is 17.1 Å². The van der Waals surface area contributed by atoms with Gasteiger partial charge in [0.25, 0.3) is 0 Å². The highest BCUT2D eigenvalue weighted by atomic mass is 35.5. The lowest BCUT2D eigenvalue weighted by Gasteiger charge is -2.46. The van der Waals surface area contributed by atoms with Gasteiger partial charge in [0.1, 0.15) is 0 Å². The van der Waals surface area contributed by atoms with Crippen LogP contribution in [0.2, 0.25) is 5.02 Å². The van der Waals surface area contributed by atoms with E-state index in [1.54, 1.807) is 0 Å². The molecule has 0 saturated heterocycles. The third-order valence-electron chi connectivity index (χ3n) is 10.9. The van der Waals surface area contributed by atoms with Gasteiger partial charge < -0.3 is 4.90 Å². The molecular formula is C41H50ClN. The van der Waals surface area contributed by atoms with Crippen molar-refractivity contribution >= 4 is 34.2 Å². The van der Waals surface area contributed by atoms with Crippen LogP contribution in [-0.4, -0.2) is 0 Å². The summed E-state index contributed by atoms with van der Waals surface area (Å²) in [6.45, 7) is 21.6. The molecule has 0 saturated carbocycles. The standard InChI is InChI=1S/C41H50ClN/c1-27-22-29(42)24-30(23-27)43(35-17-13-16-32-37(35)41(8,9)21-20-38(32,2)3)36-26-34-33(39(4,5)18-19-40(34,6)7)25-31(36)28-14-11-10-12-15-28/h11,13-17,22-26H,10,12,18-21H2,1-9H3. The van der Waals surface area contributed by atoms with E-state index in [-0.39, 0.29) is 21.7 Å². The second-order valence-corrected chi connectivity index (χ2v) is 16.5. The van der Waals surface area contributed by atoms with Gasteiger partial charge in [-0.25, -0.2) is 0 Å². The average molecular weight is 592 g/mol. The largest absolute Gasteiger partial charge is 0.309 e. The smallest absolute Gasteiger partial charge is 0.0543 e. The molecule has 0 heterocycles. The molecule has 0 radical (unpaired) electrons. The first-order chi connectivity index (χ1) is 20.1. The van der Waals surface area contributed by atoms with Gasteiger partial charge in [0.15, 0.2) is 0 Å². The van der Waals surface area contributed by atoms with E-state index in [1.165, 1.54) is 76.0 Å². The number of anilines is 3.